The van der Waals surface area contributed by atoms with Gasteiger partial charge in [0.2, 0.25) is 0 Å². The van der Waals surface area contributed by atoms with Gasteiger partial charge >= 0.3 is 0 Å². The quantitative estimate of drug-likeness (QED) is 0.309. The molecule has 12 heteroatoms. The van der Waals surface area contributed by atoms with Gasteiger partial charge in [0.25, 0.3) is 11.8 Å². The third-order valence-corrected chi connectivity index (χ3v) is 8.63. The minimum atomic E-state index is -3.43. The molecule has 4 aromatic rings. The molecule has 0 unspecified atom stereocenters. The maximum atomic E-state index is 13.2. The lowest BCUT2D eigenvalue weighted by Gasteiger charge is -2.30. The van der Waals surface area contributed by atoms with Crippen molar-refractivity contribution in [2.75, 3.05) is 12.8 Å². The van der Waals surface area contributed by atoms with E-state index in [1.807, 2.05) is 6.07 Å². The Balaban J connectivity index is 1.33. The first-order chi connectivity index (χ1) is 19.0. The van der Waals surface area contributed by atoms with Crippen molar-refractivity contribution in [1.29, 1.82) is 0 Å². The first-order valence-electron chi connectivity index (χ1n) is 12.3. The Morgan fingerprint density at radius 1 is 1.18 bits per heavy atom. The van der Waals surface area contributed by atoms with Crippen LogP contribution in [0.2, 0.25) is 10.0 Å². The van der Waals surface area contributed by atoms with Gasteiger partial charge in [0.1, 0.15) is 17.6 Å². The Morgan fingerprint density at radius 3 is 2.70 bits per heavy atom. The van der Waals surface area contributed by atoms with Crippen LogP contribution in [0, 0.1) is 0 Å². The van der Waals surface area contributed by atoms with Gasteiger partial charge in [-0.3, -0.25) is 9.59 Å². The van der Waals surface area contributed by atoms with Gasteiger partial charge in [0.05, 0.1) is 26.5 Å². The van der Waals surface area contributed by atoms with Crippen LogP contribution in [0.25, 0.3) is 11.0 Å². The molecule has 2 aromatic carbocycles. The lowest BCUT2D eigenvalue weighted by Crippen LogP contribution is -2.39. The largest absolute Gasteiger partial charge is 0.342 e. The molecule has 40 heavy (non-hydrogen) atoms. The van der Waals surface area contributed by atoms with E-state index < -0.39 is 21.8 Å². The summed E-state index contributed by atoms with van der Waals surface area (Å²) in [4.78, 5) is 47.2. The number of hydrogen-bond donors (Lipinski definition) is 2. The fourth-order valence-corrected chi connectivity index (χ4v) is 6.26. The van der Waals surface area contributed by atoms with Gasteiger partial charge in [-0.15, -0.1) is 0 Å². The van der Waals surface area contributed by atoms with Crippen molar-refractivity contribution < 1.29 is 22.8 Å². The van der Waals surface area contributed by atoms with Crippen molar-refractivity contribution in [2.45, 2.75) is 30.3 Å². The highest BCUT2D eigenvalue weighted by Crippen LogP contribution is 2.35. The molecule has 0 aliphatic carbocycles. The number of aromatic nitrogens is 2. The number of amides is 2. The summed E-state index contributed by atoms with van der Waals surface area (Å²) in [6.07, 6.45) is 3.81. The summed E-state index contributed by atoms with van der Waals surface area (Å²) in [7, 11) is -3.43. The van der Waals surface area contributed by atoms with Crippen molar-refractivity contribution in [2.24, 2.45) is 0 Å². The van der Waals surface area contributed by atoms with Gasteiger partial charge in [-0.25, -0.2) is 13.4 Å². The summed E-state index contributed by atoms with van der Waals surface area (Å²) in [5.74, 6) is -0.815. The molecule has 1 aliphatic heterocycles. The maximum absolute atomic E-state index is 13.2. The molecule has 2 N–H and O–H groups in total. The second-order valence-corrected chi connectivity index (χ2v) is 12.4. The summed E-state index contributed by atoms with van der Waals surface area (Å²) in [6, 6.07) is 12.3. The van der Waals surface area contributed by atoms with Crippen molar-refractivity contribution >= 4 is 62.2 Å². The highest BCUT2D eigenvalue weighted by Gasteiger charge is 2.29. The van der Waals surface area contributed by atoms with Crippen molar-refractivity contribution in [3.05, 3.63) is 92.7 Å². The first kappa shape index (κ1) is 27.8. The zero-order valence-corrected chi connectivity index (χ0v) is 23.6. The normalized spacial score (nSPS) is 14.0. The molecule has 206 valence electrons. The highest BCUT2D eigenvalue weighted by molar-refractivity contribution is 7.90. The van der Waals surface area contributed by atoms with Gasteiger partial charge in [0.15, 0.2) is 9.84 Å². The van der Waals surface area contributed by atoms with Crippen molar-refractivity contribution in [1.82, 2.24) is 20.2 Å². The second kappa shape index (κ2) is 11.0. The van der Waals surface area contributed by atoms with Crippen LogP contribution in [0.15, 0.2) is 59.6 Å². The number of fused-ring (bicyclic) bond motifs is 2. The first-order valence-corrected chi connectivity index (χ1v) is 15.0. The molecule has 2 amide bonds. The summed E-state index contributed by atoms with van der Waals surface area (Å²) < 4.78 is 23.7. The third kappa shape index (κ3) is 5.60. The molecular formula is C28H24Cl2N4O5S. The van der Waals surface area contributed by atoms with E-state index in [1.54, 1.807) is 41.4 Å². The Morgan fingerprint density at radius 2 is 1.98 bits per heavy atom. The summed E-state index contributed by atoms with van der Waals surface area (Å²) >= 11 is 13.2. The Bertz CT molecular complexity index is 1740. The van der Waals surface area contributed by atoms with Crippen LogP contribution in [0.4, 0.5) is 0 Å². The van der Waals surface area contributed by atoms with E-state index in [0.29, 0.717) is 41.7 Å². The number of carbonyl (C=O) groups is 3. The number of nitrogens with zero attached hydrogens (tertiary/aromatic N) is 2. The number of nitrogens with one attached hydrogen (secondary N) is 2. The third-order valence-electron chi connectivity index (χ3n) is 6.80. The van der Waals surface area contributed by atoms with E-state index >= 15 is 0 Å². The summed E-state index contributed by atoms with van der Waals surface area (Å²) in [5.41, 5.74) is 3.10. The number of rotatable bonds is 7. The van der Waals surface area contributed by atoms with E-state index in [0.717, 1.165) is 17.2 Å². The topological polar surface area (TPSA) is 129 Å². The van der Waals surface area contributed by atoms with E-state index in [-0.39, 0.29) is 39.4 Å². The van der Waals surface area contributed by atoms with Gasteiger partial charge in [0, 0.05) is 30.9 Å². The second-order valence-electron chi connectivity index (χ2n) is 9.63. The number of sulfone groups is 1. The minimum Gasteiger partial charge on any atom is -0.342 e. The molecule has 5 rings (SSSR count). The average Bonchev–Trinajstić information content (AvgIpc) is 3.36. The summed E-state index contributed by atoms with van der Waals surface area (Å²) in [5, 5.41) is 3.74. The standard InChI is InChI=1S/C28H24Cl2N4O5S/c1-40(38,39)20-6-2-4-16(11-20)10-19(15-35)32-27(36)24-22(29)12-18-14-34(9-7-21(18)25(24)30)28(37)23-13-17-5-3-8-31-26(17)33-23/h2-6,8,11-13,15,19H,7,9-10,14H2,1H3,(H,31,33)(H,32,36)/t19-/m0/s1. The number of H-pyrrole nitrogens is 1. The monoisotopic (exact) mass is 598 g/mol. The van der Waals surface area contributed by atoms with Gasteiger partial charge in [-0.05, 0) is 65.9 Å². The fourth-order valence-electron chi connectivity index (χ4n) is 4.81. The number of aromatic amines is 1. The van der Waals surface area contributed by atoms with Crippen LogP contribution in [-0.2, 0) is 34.0 Å². The zero-order valence-electron chi connectivity index (χ0n) is 21.3. The molecule has 0 bridgehead atoms. The Labute approximate surface area is 240 Å². The number of benzene rings is 2. The molecule has 0 saturated carbocycles. The summed E-state index contributed by atoms with van der Waals surface area (Å²) in [6.45, 7) is 0.636. The number of aldehydes is 1. The van der Waals surface area contributed by atoms with E-state index in [9.17, 15) is 22.8 Å². The predicted octanol–water partition coefficient (Wildman–Crippen LogP) is 4.01. The lowest BCUT2D eigenvalue weighted by molar-refractivity contribution is -0.109. The van der Waals surface area contributed by atoms with Crippen LogP contribution < -0.4 is 5.32 Å². The van der Waals surface area contributed by atoms with Crippen molar-refractivity contribution in [3.63, 3.8) is 0 Å². The average molecular weight is 599 g/mol. The molecule has 0 spiro atoms. The van der Waals surface area contributed by atoms with E-state index in [4.69, 9.17) is 23.2 Å². The minimum absolute atomic E-state index is 0.0419. The van der Waals surface area contributed by atoms with E-state index in [1.165, 1.54) is 12.1 Å². The number of hydrogen-bond acceptors (Lipinski definition) is 6. The van der Waals surface area contributed by atoms with Crippen LogP contribution in [0.1, 0.15) is 37.5 Å². The lowest BCUT2D eigenvalue weighted by atomic mass is 9.96. The zero-order chi connectivity index (χ0) is 28.6. The molecule has 9 nitrogen and oxygen atoms in total. The van der Waals surface area contributed by atoms with Crippen molar-refractivity contribution in [3.8, 4) is 0 Å². The van der Waals surface area contributed by atoms with Crippen LogP contribution in [-0.4, -0.2) is 60.2 Å². The molecule has 0 radical (unpaired) electrons. The van der Waals surface area contributed by atoms with E-state index in [2.05, 4.69) is 15.3 Å². The fraction of sp³-hybridized carbons (Fsp3) is 0.214. The maximum Gasteiger partial charge on any atom is 0.270 e. The molecular weight excluding hydrogens is 575 g/mol. The molecule has 3 heterocycles. The molecule has 1 atom stereocenters. The van der Waals surface area contributed by atoms with Crippen LogP contribution in [0.3, 0.4) is 0 Å². The highest BCUT2D eigenvalue weighted by atomic mass is 35.5. The Hall–Kier alpha value is -3.73. The van der Waals surface area contributed by atoms with Gasteiger partial charge in [-0.1, -0.05) is 35.3 Å². The van der Waals surface area contributed by atoms with Gasteiger partial charge < -0.3 is 20.0 Å². The SMILES string of the molecule is CS(=O)(=O)c1cccc(C[C@@H](C=O)NC(=O)c2c(Cl)cc3c(c2Cl)CCN(C(=O)c2cc4cccnc4[nH]2)C3)c1. The van der Waals surface area contributed by atoms with Crippen LogP contribution >= 0.6 is 23.2 Å². The Kier molecular flexibility index (Phi) is 7.67. The van der Waals surface area contributed by atoms with Gasteiger partial charge in [-0.2, -0.15) is 0 Å². The molecule has 0 saturated heterocycles. The molecule has 1 aliphatic rings. The molecule has 2 aromatic heterocycles. The van der Waals surface area contributed by atoms with Crippen LogP contribution in [0.5, 0.6) is 0 Å². The number of pyridine rings is 1. The predicted molar refractivity (Wildman–Crippen MR) is 152 cm³/mol. The number of halogens is 2. The molecule has 0 fully saturated rings. The number of carbonyl (C=O) groups excluding carboxylic acids is 3. The smallest absolute Gasteiger partial charge is 0.270 e.